The molecule has 0 fully saturated rings. The van der Waals surface area contributed by atoms with Crippen LogP contribution >= 0.6 is 35.6 Å². The number of nitrogens with zero attached hydrogens (tertiary/aromatic N) is 4. The Kier molecular flexibility index (Phi) is 8.68. The van der Waals surface area contributed by atoms with E-state index in [4.69, 9.17) is 28.9 Å². The Morgan fingerprint density at radius 1 is 1.11 bits per heavy atom. The summed E-state index contributed by atoms with van der Waals surface area (Å²) in [7, 11) is 0. The second-order valence-electron chi connectivity index (χ2n) is 8.18. The van der Waals surface area contributed by atoms with Crippen molar-refractivity contribution < 1.29 is 31.1 Å². The molecular weight excluding hydrogens is 571 g/mol. The van der Waals surface area contributed by atoms with E-state index in [1.807, 2.05) is 0 Å². The molecule has 0 aliphatic carbocycles. The molecule has 3 heterocycles. The average Bonchev–Trinajstić information content (AvgIpc) is 3.18. The van der Waals surface area contributed by atoms with E-state index in [9.17, 15) is 31.1 Å². The Morgan fingerprint density at radius 2 is 1.78 bits per heavy atom. The zero-order valence-electron chi connectivity index (χ0n) is 18.6. The lowest BCUT2D eigenvalue weighted by Gasteiger charge is -2.30. The summed E-state index contributed by atoms with van der Waals surface area (Å²) in [5.74, 6) is -5.27. The smallest absolute Gasteiger partial charge is 0.335 e. The Balaban J connectivity index is 0.00000380. The predicted octanol–water partition coefficient (Wildman–Crippen LogP) is 5.41. The first-order valence-electron chi connectivity index (χ1n) is 10.5. The fraction of sp³-hybridized carbons (Fsp3) is 0.318. The van der Waals surface area contributed by atoms with Crippen LogP contribution < -0.4 is 5.73 Å². The van der Waals surface area contributed by atoms with Gasteiger partial charge < -0.3 is 15.2 Å². The summed E-state index contributed by atoms with van der Waals surface area (Å²) in [5, 5.41) is -0.212. The third-order valence-corrected chi connectivity index (χ3v) is 6.49. The van der Waals surface area contributed by atoms with Crippen molar-refractivity contribution in [3.63, 3.8) is 0 Å². The minimum absolute atomic E-state index is 0. The van der Waals surface area contributed by atoms with Crippen LogP contribution in [0.15, 0.2) is 24.4 Å². The number of amides is 1. The monoisotopic (exact) mass is 587 g/mol. The minimum atomic E-state index is -4.76. The van der Waals surface area contributed by atoms with Gasteiger partial charge in [0.05, 0.1) is 23.0 Å². The van der Waals surface area contributed by atoms with Crippen molar-refractivity contribution in [1.82, 2.24) is 19.4 Å². The molecule has 1 amide bonds. The van der Waals surface area contributed by atoms with E-state index in [1.165, 1.54) is 17.2 Å². The van der Waals surface area contributed by atoms with E-state index in [1.54, 1.807) is 0 Å². The molecule has 0 saturated carbocycles. The fourth-order valence-corrected chi connectivity index (χ4v) is 4.40. The van der Waals surface area contributed by atoms with Gasteiger partial charge in [0.25, 0.3) is 0 Å². The Bertz CT molecular complexity index is 1330. The number of hydrogen-bond donors (Lipinski definition) is 1. The lowest BCUT2D eigenvalue weighted by Crippen LogP contribution is -2.42. The van der Waals surface area contributed by atoms with Crippen LogP contribution in [0, 0.1) is 17.5 Å². The zero-order chi connectivity index (χ0) is 26.4. The van der Waals surface area contributed by atoms with Gasteiger partial charge in [0.1, 0.15) is 11.0 Å². The summed E-state index contributed by atoms with van der Waals surface area (Å²) >= 11 is 12.1. The van der Waals surface area contributed by atoms with Crippen molar-refractivity contribution in [1.29, 1.82) is 0 Å². The second-order valence-corrected chi connectivity index (χ2v) is 8.92. The van der Waals surface area contributed by atoms with Gasteiger partial charge in [0, 0.05) is 43.4 Å². The highest BCUT2D eigenvalue weighted by molar-refractivity contribution is 6.42. The lowest BCUT2D eigenvalue weighted by atomic mass is 10.0. The van der Waals surface area contributed by atoms with E-state index in [2.05, 4.69) is 9.97 Å². The quantitative estimate of drug-likeness (QED) is 0.246. The van der Waals surface area contributed by atoms with E-state index in [0.29, 0.717) is 12.1 Å². The average molecular weight is 589 g/mol. The van der Waals surface area contributed by atoms with E-state index >= 15 is 0 Å². The van der Waals surface area contributed by atoms with Gasteiger partial charge >= 0.3 is 6.18 Å². The molecular formula is C22H18Cl3F6N5O. The number of aromatic nitrogens is 3. The summed E-state index contributed by atoms with van der Waals surface area (Å²) < 4.78 is 82.5. The molecule has 0 radical (unpaired) electrons. The Labute approximate surface area is 222 Å². The highest BCUT2D eigenvalue weighted by atomic mass is 35.5. The van der Waals surface area contributed by atoms with Crippen molar-refractivity contribution in [3.8, 4) is 11.3 Å². The number of carbonyl (C=O) groups is 1. The third-order valence-electron chi connectivity index (χ3n) is 5.72. The normalized spacial score (nSPS) is 14.2. The van der Waals surface area contributed by atoms with Crippen LogP contribution in [0.2, 0.25) is 10.2 Å². The summed E-state index contributed by atoms with van der Waals surface area (Å²) in [6.45, 7) is -0.506. The van der Waals surface area contributed by atoms with Crippen LogP contribution in [0.4, 0.5) is 26.3 Å². The Hall–Kier alpha value is -2.54. The second kappa shape index (κ2) is 11.1. The zero-order valence-corrected chi connectivity index (χ0v) is 21.0. The van der Waals surface area contributed by atoms with Crippen LogP contribution in [-0.2, 0) is 30.5 Å². The number of alkyl halides is 3. The topological polar surface area (TPSA) is 77.0 Å². The van der Waals surface area contributed by atoms with Crippen molar-refractivity contribution in [2.75, 3.05) is 6.54 Å². The van der Waals surface area contributed by atoms with Crippen molar-refractivity contribution in [3.05, 3.63) is 69.1 Å². The van der Waals surface area contributed by atoms with Crippen LogP contribution in [0.5, 0.6) is 0 Å². The number of pyridine rings is 1. The summed E-state index contributed by atoms with van der Waals surface area (Å²) in [6.07, 6.45) is -4.06. The number of nitrogens with two attached hydrogens (primary N) is 1. The minimum Gasteiger partial charge on any atom is -0.335 e. The van der Waals surface area contributed by atoms with Crippen molar-refractivity contribution in [2.45, 2.75) is 38.1 Å². The van der Waals surface area contributed by atoms with Crippen LogP contribution in [0.25, 0.3) is 11.3 Å². The maximum Gasteiger partial charge on any atom is 0.449 e. The molecule has 4 rings (SSSR count). The number of hydrogen-bond acceptors (Lipinski definition) is 4. The van der Waals surface area contributed by atoms with Gasteiger partial charge in [-0.15, -0.1) is 12.4 Å². The molecule has 1 aliphatic heterocycles. The predicted molar refractivity (Wildman–Crippen MR) is 126 cm³/mol. The molecule has 0 spiro atoms. The molecule has 15 heteroatoms. The lowest BCUT2D eigenvalue weighted by molar-refractivity contribution is -0.148. The number of benzene rings is 1. The molecule has 0 bridgehead atoms. The molecule has 1 atom stereocenters. The summed E-state index contributed by atoms with van der Waals surface area (Å²) in [4.78, 5) is 21.7. The standard InChI is InChI=1S/C22H17Cl2F6N5O.ClH/c23-18-12(1-2-32-20(18)24)19-16-9-34(3-4-35(16)21(33-19)22(28,29)30)17(36)7-11(31)5-10-6-14(26)15(27)8-13(10)25;/h1-2,6,8,11H,3-5,7,9,31H2;1H/t11-;/m1./s1. The highest BCUT2D eigenvalue weighted by Gasteiger charge is 2.41. The van der Waals surface area contributed by atoms with Crippen molar-refractivity contribution in [2.24, 2.45) is 5.73 Å². The van der Waals surface area contributed by atoms with Crippen LogP contribution in [-0.4, -0.2) is 37.9 Å². The first-order chi connectivity index (χ1) is 16.9. The van der Waals surface area contributed by atoms with Crippen molar-refractivity contribution >= 4 is 41.5 Å². The molecule has 2 N–H and O–H groups in total. The van der Waals surface area contributed by atoms with Gasteiger partial charge in [0.15, 0.2) is 11.6 Å². The summed E-state index contributed by atoms with van der Waals surface area (Å²) in [6, 6.07) is 1.47. The van der Waals surface area contributed by atoms with Gasteiger partial charge in [-0.1, -0.05) is 23.2 Å². The molecule has 37 heavy (non-hydrogen) atoms. The number of halogens is 9. The number of fused-ring (bicyclic) bond motifs is 1. The first kappa shape index (κ1) is 29.0. The SMILES string of the molecule is Cl.N[C@@H](CC(=O)N1CCn2c(C(F)(F)F)nc(-c3ccnc(Cl)c3Cl)c2C1)Cc1cc(F)c(F)cc1F. The largest absolute Gasteiger partial charge is 0.449 e. The molecule has 3 aromatic rings. The third kappa shape index (κ3) is 5.97. The highest BCUT2D eigenvalue weighted by Crippen LogP contribution is 2.39. The van der Waals surface area contributed by atoms with E-state index < -0.39 is 41.4 Å². The molecule has 0 unspecified atom stereocenters. The number of carbonyl (C=O) groups excluding carboxylic acids is 1. The number of imidazole rings is 1. The Morgan fingerprint density at radius 3 is 2.46 bits per heavy atom. The molecule has 1 aliphatic rings. The van der Waals surface area contributed by atoms with E-state index in [0.717, 1.165) is 4.57 Å². The summed E-state index contributed by atoms with van der Waals surface area (Å²) in [5.41, 5.74) is 5.86. The molecule has 200 valence electrons. The van der Waals surface area contributed by atoms with Crippen LogP contribution in [0.1, 0.15) is 23.5 Å². The van der Waals surface area contributed by atoms with E-state index in [-0.39, 0.29) is 77.6 Å². The molecule has 2 aromatic heterocycles. The maximum absolute atomic E-state index is 13.9. The van der Waals surface area contributed by atoms with Crippen LogP contribution in [0.3, 0.4) is 0 Å². The first-order valence-corrected chi connectivity index (χ1v) is 11.3. The molecule has 6 nitrogen and oxygen atoms in total. The van der Waals surface area contributed by atoms with Gasteiger partial charge in [-0.2, -0.15) is 13.2 Å². The van der Waals surface area contributed by atoms with Gasteiger partial charge in [-0.05, 0) is 24.1 Å². The number of rotatable bonds is 5. The maximum atomic E-state index is 13.9. The fourth-order valence-electron chi connectivity index (χ4n) is 4.04. The molecule has 0 saturated heterocycles. The van der Waals surface area contributed by atoms with Gasteiger partial charge in [-0.3, -0.25) is 4.79 Å². The van der Waals surface area contributed by atoms with Gasteiger partial charge in [0.2, 0.25) is 11.7 Å². The van der Waals surface area contributed by atoms with Gasteiger partial charge in [-0.25, -0.2) is 23.1 Å². The molecule has 1 aromatic carbocycles.